The van der Waals surface area contributed by atoms with Crippen molar-refractivity contribution in [3.63, 3.8) is 0 Å². The molecule has 2 atom stereocenters. The molecule has 0 aromatic carbocycles. The van der Waals surface area contributed by atoms with E-state index in [-0.39, 0.29) is 5.54 Å². The summed E-state index contributed by atoms with van der Waals surface area (Å²) < 4.78 is 5.41. The normalized spacial score (nSPS) is 42.3. The highest BCUT2D eigenvalue weighted by molar-refractivity contribution is 5.05. The molecule has 0 amide bonds. The van der Waals surface area contributed by atoms with Gasteiger partial charge in [0, 0.05) is 37.3 Å². The Hall–Kier alpha value is -0.200. The molecule has 3 aliphatic rings. The van der Waals surface area contributed by atoms with E-state index in [1.807, 2.05) is 0 Å². The zero-order valence-electron chi connectivity index (χ0n) is 11.4. The highest BCUT2D eigenvalue weighted by atomic mass is 16.5. The maximum atomic E-state index is 6.11. The number of rotatable bonds is 3. The summed E-state index contributed by atoms with van der Waals surface area (Å²) in [5, 5.41) is 2.32. The first-order valence-corrected chi connectivity index (χ1v) is 7.25. The van der Waals surface area contributed by atoms with E-state index >= 15 is 0 Å². The minimum Gasteiger partial charge on any atom is -0.379 e. The molecule has 2 bridgehead atoms. The van der Waals surface area contributed by atoms with Gasteiger partial charge in [-0.25, -0.2) is 10.4 Å². The lowest BCUT2D eigenvalue weighted by molar-refractivity contribution is -0.0318. The van der Waals surface area contributed by atoms with Gasteiger partial charge in [0.1, 0.15) is 0 Å². The van der Waals surface area contributed by atoms with Gasteiger partial charge in [0.05, 0.1) is 13.2 Å². The molecule has 5 heteroatoms. The monoisotopic (exact) mass is 254 g/mol. The van der Waals surface area contributed by atoms with Crippen molar-refractivity contribution in [3.8, 4) is 0 Å². The van der Waals surface area contributed by atoms with Crippen LogP contribution in [0.2, 0.25) is 0 Å². The smallest absolute Gasteiger partial charge is 0.0608 e. The van der Waals surface area contributed by atoms with Crippen molar-refractivity contribution < 1.29 is 4.74 Å². The molecule has 0 spiro atoms. The summed E-state index contributed by atoms with van der Waals surface area (Å²) >= 11 is 0. The fraction of sp³-hybridized carbons (Fsp3) is 1.00. The Morgan fingerprint density at radius 2 is 1.83 bits per heavy atom. The number of morpholine rings is 1. The van der Waals surface area contributed by atoms with Crippen molar-refractivity contribution in [2.75, 3.05) is 39.9 Å². The van der Waals surface area contributed by atoms with Gasteiger partial charge >= 0.3 is 0 Å². The first-order valence-electron chi connectivity index (χ1n) is 7.25. The summed E-state index contributed by atoms with van der Waals surface area (Å²) in [6.45, 7) is 4.37. The van der Waals surface area contributed by atoms with Crippen LogP contribution in [-0.4, -0.2) is 67.4 Å². The highest BCUT2D eigenvalue weighted by Crippen LogP contribution is 2.39. The molecule has 0 saturated carbocycles. The highest BCUT2D eigenvalue weighted by Gasteiger charge is 2.46. The van der Waals surface area contributed by atoms with E-state index in [1.54, 1.807) is 0 Å². The largest absolute Gasteiger partial charge is 0.379 e. The van der Waals surface area contributed by atoms with Crippen LogP contribution in [0.1, 0.15) is 25.7 Å². The maximum Gasteiger partial charge on any atom is 0.0608 e. The summed E-state index contributed by atoms with van der Waals surface area (Å²) in [5.74, 6) is 0. The van der Waals surface area contributed by atoms with Crippen LogP contribution >= 0.6 is 0 Å². The lowest BCUT2D eigenvalue weighted by Gasteiger charge is -2.48. The predicted molar refractivity (Wildman–Crippen MR) is 71.1 cm³/mol. The Morgan fingerprint density at radius 1 is 1.22 bits per heavy atom. The van der Waals surface area contributed by atoms with E-state index in [0.29, 0.717) is 0 Å². The molecule has 0 radical (unpaired) electrons. The van der Waals surface area contributed by atoms with E-state index in [2.05, 4.69) is 22.4 Å². The first kappa shape index (κ1) is 12.8. The first-order chi connectivity index (χ1) is 8.72. The van der Waals surface area contributed by atoms with Gasteiger partial charge in [-0.3, -0.25) is 0 Å². The van der Waals surface area contributed by atoms with E-state index in [9.17, 15) is 0 Å². The molecule has 3 heterocycles. The van der Waals surface area contributed by atoms with Gasteiger partial charge < -0.3 is 15.4 Å². The summed E-state index contributed by atoms with van der Waals surface area (Å²) in [6.07, 6.45) is 5.06. The van der Waals surface area contributed by atoms with Crippen LogP contribution in [0, 0.1) is 0 Å². The van der Waals surface area contributed by atoms with Crippen molar-refractivity contribution in [2.24, 2.45) is 5.73 Å². The van der Waals surface area contributed by atoms with Gasteiger partial charge in [0.25, 0.3) is 0 Å². The third-order valence-electron chi connectivity index (χ3n) is 5.03. The Balaban J connectivity index is 1.67. The molecule has 0 aliphatic carbocycles. The molecule has 5 nitrogen and oxygen atoms in total. The Bertz CT molecular complexity index is 279. The molecule has 0 aromatic heterocycles. The Labute approximate surface area is 110 Å². The summed E-state index contributed by atoms with van der Waals surface area (Å²) in [4.78, 5) is 2.56. The number of nitrogens with two attached hydrogens (primary N) is 1. The van der Waals surface area contributed by atoms with Crippen LogP contribution < -0.4 is 11.2 Å². The number of hydrogen-bond donors (Lipinski definition) is 2. The van der Waals surface area contributed by atoms with Gasteiger partial charge in [-0.1, -0.05) is 0 Å². The van der Waals surface area contributed by atoms with E-state index in [1.165, 1.54) is 25.7 Å². The molecular formula is C13H26N4O. The van der Waals surface area contributed by atoms with Gasteiger partial charge in [-0.15, -0.1) is 0 Å². The number of hydrazine groups is 1. The third-order valence-corrected chi connectivity index (χ3v) is 5.03. The van der Waals surface area contributed by atoms with Crippen molar-refractivity contribution >= 4 is 0 Å². The molecule has 3 saturated heterocycles. The zero-order chi connectivity index (χ0) is 12.6. The van der Waals surface area contributed by atoms with Crippen molar-refractivity contribution in [1.82, 2.24) is 15.3 Å². The van der Waals surface area contributed by atoms with Gasteiger partial charge in [-0.2, -0.15) is 0 Å². The number of nitrogens with zero attached hydrogens (tertiary/aromatic N) is 2. The molecule has 104 valence electrons. The Morgan fingerprint density at radius 3 is 2.39 bits per heavy atom. The van der Waals surface area contributed by atoms with Crippen LogP contribution in [0.3, 0.4) is 0 Å². The second-order valence-electron chi connectivity index (χ2n) is 6.15. The van der Waals surface area contributed by atoms with Crippen LogP contribution in [0.25, 0.3) is 0 Å². The predicted octanol–water partition coefficient (Wildman–Crippen LogP) is -0.223. The average Bonchev–Trinajstić information content (AvgIpc) is 2.64. The summed E-state index contributed by atoms with van der Waals surface area (Å²) in [6, 6.07) is 1.45. The molecule has 3 N–H and O–H groups in total. The number of piperidine rings is 1. The van der Waals surface area contributed by atoms with Gasteiger partial charge in [0.15, 0.2) is 0 Å². The second kappa shape index (κ2) is 5.06. The van der Waals surface area contributed by atoms with Crippen molar-refractivity contribution in [3.05, 3.63) is 0 Å². The minimum absolute atomic E-state index is 0.121. The second-order valence-corrected chi connectivity index (χ2v) is 6.15. The summed E-state index contributed by atoms with van der Waals surface area (Å²) in [7, 11) is 2.28. The summed E-state index contributed by atoms with van der Waals surface area (Å²) in [5.41, 5.74) is 9.98. The van der Waals surface area contributed by atoms with Gasteiger partial charge in [-0.05, 0) is 32.7 Å². The molecule has 2 unspecified atom stereocenters. The molecule has 3 aliphatic heterocycles. The number of ether oxygens (including phenoxy) is 1. The fourth-order valence-corrected chi connectivity index (χ4v) is 3.88. The minimum atomic E-state index is 0.121. The van der Waals surface area contributed by atoms with Crippen LogP contribution in [-0.2, 0) is 4.74 Å². The van der Waals surface area contributed by atoms with Crippen LogP contribution in [0.4, 0.5) is 0 Å². The number of fused-ring (bicyclic) bond motifs is 2. The standard InChI is InChI=1S/C13H26N4O/c1-16-11-2-3-12(16)9-13(8-11,10-14)15-17-4-6-18-7-5-17/h11-12,15H,2-10,14H2,1H3. The zero-order valence-corrected chi connectivity index (χ0v) is 11.4. The molecule has 3 rings (SSSR count). The molecule has 3 fully saturated rings. The average molecular weight is 254 g/mol. The number of nitrogens with one attached hydrogen (secondary N) is 1. The lowest BCUT2D eigenvalue weighted by atomic mass is 9.83. The molecule has 18 heavy (non-hydrogen) atoms. The van der Waals surface area contributed by atoms with E-state index in [4.69, 9.17) is 10.5 Å². The SMILES string of the molecule is CN1C2CCC1CC(CN)(NN1CCOCC1)C2. The van der Waals surface area contributed by atoms with Crippen molar-refractivity contribution in [1.29, 1.82) is 0 Å². The van der Waals surface area contributed by atoms with E-state index < -0.39 is 0 Å². The maximum absolute atomic E-state index is 6.11. The van der Waals surface area contributed by atoms with Crippen molar-refractivity contribution in [2.45, 2.75) is 43.3 Å². The molecular weight excluding hydrogens is 228 g/mol. The molecule has 0 aromatic rings. The topological polar surface area (TPSA) is 53.8 Å². The fourth-order valence-electron chi connectivity index (χ4n) is 3.88. The van der Waals surface area contributed by atoms with Crippen LogP contribution in [0.5, 0.6) is 0 Å². The van der Waals surface area contributed by atoms with Gasteiger partial charge in [0.2, 0.25) is 0 Å². The quantitative estimate of drug-likeness (QED) is 0.729. The van der Waals surface area contributed by atoms with Crippen LogP contribution in [0.15, 0.2) is 0 Å². The number of hydrogen-bond acceptors (Lipinski definition) is 5. The van der Waals surface area contributed by atoms with E-state index in [0.717, 1.165) is 44.9 Å². The lowest BCUT2D eigenvalue weighted by Crippen LogP contribution is -2.65. The third kappa shape index (κ3) is 2.30. The Kier molecular flexibility index (Phi) is 3.60.